The summed E-state index contributed by atoms with van der Waals surface area (Å²) in [6.07, 6.45) is 1.70. The molecule has 8 heteroatoms. The molecular formula is C30H27F2N5O. The fourth-order valence-electron chi connectivity index (χ4n) is 4.45. The van der Waals surface area contributed by atoms with E-state index in [2.05, 4.69) is 15.6 Å². The average Bonchev–Trinajstić information content (AvgIpc) is 3.28. The highest BCUT2D eigenvalue weighted by atomic mass is 19.1. The first-order valence-corrected chi connectivity index (χ1v) is 12.2. The van der Waals surface area contributed by atoms with Gasteiger partial charge in [0.25, 0.3) is 5.91 Å². The standard InChI is InChI=1S/C30H27F2N5O/c1-18-5-3-6-19(2)27(18)36-29-28(24-15-23(31)9-10-25(24)32)35-26-14-22(11-12-37(26)29)30(38)34-17-21-8-4-7-20(13-21)16-33/h3-15,36H,16-17,33H2,1-2H3,(H,34,38). The van der Waals surface area contributed by atoms with Crippen LogP contribution in [0.25, 0.3) is 16.9 Å². The summed E-state index contributed by atoms with van der Waals surface area (Å²) >= 11 is 0. The summed E-state index contributed by atoms with van der Waals surface area (Å²) in [4.78, 5) is 17.6. The Morgan fingerprint density at radius 3 is 2.45 bits per heavy atom. The van der Waals surface area contributed by atoms with Crippen LogP contribution >= 0.6 is 0 Å². The van der Waals surface area contributed by atoms with Gasteiger partial charge in [-0.2, -0.15) is 0 Å². The lowest BCUT2D eigenvalue weighted by atomic mass is 10.1. The maximum absolute atomic E-state index is 14.9. The van der Waals surface area contributed by atoms with E-state index in [-0.39, 0.29) is 17.2 Å². The molecule has 4 N–H and O–H groups in total. The lowest BCUT2D eigenvalue weighted by Gasteiger charge is -2.14. The van der Waals surface area contributed by atoms with Crippen molar-refractivity contribution in [2.45, 2.75) is 26.9 Å². The van der Waals surface area contributed by atoms with Crippen LogP contribution in [0, 0.1) is 25.5 Å². The molecule has 0 saturated carbocycles. The van der Waals surface area contributed by atoms with Crippen molar-refractivity contribution in [2.75, 3.05) is 5.32 Å². The van der Waals surface area contributed by atoms with Gasteiger partial charge in [0, 0.05) is 36.1 Å². The molecule has 0 aliphatic carbocycles. The molecule has 0 aliphatic rings. The van der Waals surface area contributed by atoms with E-state index in [9.17, 15) is 13.6 Å². The van der Waals surface area contributed by atoms with E-state index in [0.717, 1.165) is 46.1 Å². The minimum atomic E-state index is -0.600. The number of carbonyl (C=O) groups excluding carboxylic acids is 1. The number of nitrogens with two attached hydrogens (primary N) is 1. The number of para-hydroxylation sites is 1. The Morgan fingerprint density at radius 1 is 0.947 bits per heavy atom. The van der Waals surface area contributed by atoms with Crippen molar-refractivity contribution < 1.29 is 13.6 Å². The Hall–Kier alpha value is -4.56. The van der Waals surface area contributed by atoms with Crippen LogP contribution in [0.3, 0.4) is 0 Å². The zero-order valence-electron chi connectivity index (χ0n) is 21.1. The van der Waals surface area contributed by atoms with E-state index >= 15 is 0 Å². The molecule has 0 fully saturated rings. The molecule has 0 unspecified atom stereocenters. The zero-order chi connectivity index (χ0) is 26.8. The maximum Gasteiger partial charge on any atom is 0.251 e. The molecule has 0 bridgehead atoms. The molecular weight excluding hydrogens is 484 g/mol. The van der Waals surface area contributed by atoms with Crippen LogP contribution < -0.4 is 16.4 Å². The summed E-state index contributed by atoms with van der Waals surface area (Å²) < 4.78 is 30.7. The smallest absolute Gasteiger partial charge is 0.251 e. The fraction of sp³-hybridized carbons (Fsp3) is 0.133. The molecule has 0 spiro atoms. The van der Waals surface area contributed by atoms with E-state index in [1.807, 2.05) is 56.3 Å². The SMILES string of the molecule is Cc1cccc(C)c1Nc1c(-c2cc(F)ccc2F)nc2cc(C(=O)NCc3cccc(CN)c3)ccn12. The quantitative estimate of drug-likeness (QED) is 0.249. The van der Waals surface area contributed by atoms with Crippen molar-refractivity contribution in [3.63, 3.8) is 0 Å². The second-order valence-electron chi connectivity index (χ2n) is 9.18. The number of imidazole rings is 1. The number of hydrogen-bond donors (Lipinski definition) is 3. The van der Waals surface area contributed by atoms with Crippen molar-refractivity contribution in [3.8, 4) is 11.3 Å². The Kier molecular flexibility index (Phi) is 6.89. The highest BCUT2D eigenvalue weighted by molar-refractivity contribution is 5.95. The fourth-order valence-corrected chi connectivity index (χ4v) is 4.45. The summed E-state index contributed by atoms with van der Waals surface area (Å²) in [5, 5.41) is 6.30. The van der Waals surface area contributed by atoms with Crippen LogP contribution in [-0.2, 0) is 13.1 Å². The molecule has 192 valence electrons. The summed E-state index contributed by atoms with van der Waals surface area (Å²) in [6, 6.07) is 20.1. The number of anilines is 2. The Bertz CT molecular complexity index is 1640. The van der Waals surface area contributed by atoms with Crippen molar-refractivity contribution in [2.24, 2.45) is 5.73 Å². The number of carbonyl (C=O) groups is 1. The Labute approximate surface area is 219 Å². The number of hydrogen-bond acceptors (Lipinski definition) is 4. The van der Waals surface area contributed by atoms with Crippen LogP contribution in [0.4, 0.5) is 20.3 Å². The number of halogens is 2. The molecule has 0 aliphatic heterocycles. The lowest BCUT2D eigenvalue weighted by molar-refractivity contribution is 0.0951. The molecule has 38 heavy (non-hydrogen) atoms. The van der Waals surface area contributed by atoms with Crippen LogP contribution in [0.5, 0.6) is 0 Å². The number of aromatic nitrogens is 2. The van der Waals surface area contributed by atoms with Gasteiger partial charge in [-0.3, -0.25) is 9.20 Å². The number of rotatable bonds is 7. The molecule has 5 aromatic rings. The normalized spacial score (nSPS) is 11.1. The van der Waals surface area contributed by atoms with E-state index < -0.39 is 11.6 Å². The lowest BCUT2D eigenvalue weighted by Crippen LogP contribution is -2.23. The van der Waals surface area contributed by atoms with Gasteiger partial charge in [0.1, 0.15) is 28.8 Å². The van der Waals surface area contributed by atoms with Crippen LogP contribution in [-0.4, -0.2) is 15.3 Å². The molecule has 0 radical (unpaired) electrons. The molecule has 2 aromatic heterocycles. The van der Waals surface area contributed by atoms with E-state index in [4.69, 9.17) is 5.73 Å². The summed E-state index contributed by atoms with van der Waals surface area (Å²) in [5.74, 6) is -0.990. The topological polar surface area (TPSA) is 84.5 Å². The van der Waals surface area contributed by atoms with Gasteiger partial charge in [-0.25, -0.2) is 13.8 Å². The summed E-state index contributed by atoms with van der Waals surface area (Å²) in [5.41, 5.74) is 11.5. The summed E-state index contributed by atoms with van der Waals surface area (Å²) in [6.45, 7) is 4.69. The van der Waals surface area contributed by atoms with Crippen molar-refractivity contribution in [1.82, 2.24) is 14.7 Å². The predicted octanol–water partition coefficient (Wildman–Crippen LogP) is 6.03. The summed E-state index contributed by atoms with van der Waals surface area (Å²) in [7, 11) is 0. The van der Waals surface area contributed by atoms with Crippen molar-refractivity contribution in [3.05, 3.63) is 118 Å². The van der Waals surface area contributed by atoms with Gasteiger partial charge < -0.3 is 16.4 Å². The van der Waals surface area contributed by atoms with E-state index in [1.165, 1.54) is 0 Å². The molecule has 6 nitrogen and oxygen atoms in total. The van der Waals surface area contributed by atoms with Crippen molar-refractivity contribution in [1.29, 1.82) is 0 Å². The average molecular weight is 512 g/mol. The number of nitrogens with zero attached hydrogens (tertiary/aromatic N) is 2. The number of amides is 1. The Balaban J connectivity index is 1.54. The van der Waals surface area contributed by atoms with Gasteiger partial charge >= 0.3 is 0 Å². The van der Waals surface area contributed by atoms with E-state index in [0.29, 0.717) is 30.1 Å². The highest BCUT2D eigenvalue weighted by Gasteiger charge is 2.20. The minimum Gasteiger partial charge on any atom is -0.348 e. The first-order chi connectivity index (χ1) is 18.3. The maximum atomic E-state index is 14.9. The zero-order valence-corrected chi connectivity index (χ0v) is 21.1. The molecule has 0 saturated heterocycles. The van der Waals surface area contributed by atoms with Gasteiger partial charge in [0.15, 0.2) is 0 Å². The van der Waals surface area contributed by atoms with Gasteiger partial charge in [-0.1, -0.05) is 42.5 Å². The Morgan fingerprint density at radius 2 is 1.68 bits per heavy atom. The number of nitrogens with one attached hydrogen (secondary N) is 2. The first-order valence-electron chi connectivity index (χ1n) is 12.2. The molecule has 1 amide bonds. The monoisotopic (exact) mass is 511 g/mol. The molecule has 0 atom stereocenters. The highest BCUT2D eigenvalue weighted by Crippen LogP contribution is 2.35. The van der Waals surface area contributed by atoms with E-state index in [1.54, 1.807) is 22.7 Å². The first kappa shape index (κ1) is 25.1. The van der Waals surface area contributed by atoms with Crippen LogP contribution in [0.15, 0.2) is 79.0 Å². The van der Waals surface area contributed by atoms with Gasteiger partial charge in [-0.15, -0.1) is 0 Å². The van der Waals surface area contributed by atoms with Crippen molar-refractivity contribution >= 4 is 23.1 Å². The van der Waals surface area contributed by atoms with Crippen LogP contribution in [0.2, 0.25) is 0 Å². The predicted molar refractivity (Wildman–Crippen MR) is 145 cm³/mol. The third kappa shape index (κ3) is 4.99. The third-order valence-corrected chi connectivity index (χ3v) is 6.48. The van der Waals surface area contributed by atoms with Crippen LogP contribution in [0.1, 0.15) is 32.6 Å². The third-order valence-electron chi connectivity index (χ3n) is 6.48. The van der Waals surface area contributed by atoms with Gasteiger partial charge in [0.2, 0.25) is 0 Å². The van der Waals surface area contributed by atoms with Gasteiger partial charge in [-0.05, 0) is 66.4 Å². The number of aryl methyl sites for hydroxylation is 2. The number of fused-ring (bicyclic) bond motifs is 1. The largest absolute Gasteiger partial charge is 0.348 e. The molecule has 5 rings (SSSR count). The molecule has 2 heterocycles. The number of pyridine rings is 1. The second kappa shape index (κ2) is 10.4. The molecule has 3 aromatic carbocycles. The minimum absolute atomic E-state index is 0.0215. The second-order valence-corrected chi connectivity index (χ2v) is 9.18. The number of benzene rings is 3. The van der Waals surface area contributed by atoms with Gasteiger partial charge in [0.05, 0.1) is 0 Å².